The molecule has 0 spiro atoms. The second-order valence-electron chi connectivity index (χ2n) is 27.9. The van der Waals surface area contributed by atoms with Crippen LogP contribution in [0.1, 0.15) is 148 Å². The lowest BCUT2D eigenvalue weighted by Crippen LogP contribution is -2.61. The van der Waals surface area contributed by atoms with Gasteiger partial charge in [0.15, 0.2) is 5.84 Å². The highest BCUT2D eigenvalue weighted by molar-refractivity contribution is 7.00. The second kappa shape index (κ2) is 19.8. The number of nitrogens with zero attached hydrogens (tertiary/aromatic N) is 4. The lowest BCUT2D eigenvalue weighted by Gasteiger charge is -2.45. The Hall–Kier alpha value is -8.17. The third-order valence-corrected chi connectivity index (χ3v) is 17.1. The number of aliphatic imine (C=N–C) groups is 1. The first-order chi connectivity index (χ1) is 38.6. The number of nitrogens with one attached hydrogen (secondary N) is 4. The van der Waals surface area contributed by atoms with Gasteiger partial charge in [-0.15, -0.1) is 0 Å². The van der Waals surface area contributed by atoms with E-state index < -0.39 is 0 Å². The Labute approximate surface area is 487 Å². The van der Waals surface area contributed by atoms with Gasteiger partial charge in [-0.2, -0.15) is 0 Å². The van der Waals surface area contributed by atoms with Gasteiger partial charge >= 0.3 is 0 Å². The number of aromatic nitrogens is 1. The molecule has 9 heteroatoms. The first-order valence-corrected chi connectivity index (χ1v) is 29.2. The predicted molar refractivity (Wildman–Crippen MR) is 353 cm³/mol. The van der Waals surface area contributed by atoms with Crippen LogP contribution in [0.25, 0.3) is 27.5 Å². The Morgan fingerprint density at radius 3 is 1.21 bits per heavy atom. The highest BCUT2D eigenvalue weighted by atomic mass is 15.2. The lowest BCUT2D eigenvalue weighted by molar-refractivity contribution is 0.590. The zero-order chi connectivity index (χ0) is 58.7. The summed E-state index contributed by atoms with van der Waals surface area (Å²) in [6.07, 6.45) is 0. The topological polar surface area (TPSA) is 95.5 Å². The van der Waals surface area contributed by atoms with Crippen molar-refractivity contribution in [2.45, 2.75) is 131 Å². The summed E-state index contributed by atoms with van der Waals surface area (Å²) in [6.45, 7) is 34.1. The van der Waals surface area contributed by atoms with Crippen molar-refractivity contribution in [3.8, 4) is 5.69 Å². The second-order valence-corrected chi connectivity index (χ2v) is 27.9. The SMILES string of the molecule is CNC(=N)c1cccc2c3cccc(C(=N)/N=C(\NC)c4ccc(C(C)(C)C)cc4)c3n(-c3cc4c5c(c3)N(c3ccc(C(C)(C)C)cc3)c3ccc(C(C)(C)C)cc3B5c3cc(C(C)(C)C)ccc3N4c3ccc(C(C)(C)C)cc3)c12. The van der Waals surface area contributed by atoms with Gasteiger partial charge in [-0.25, -0.2) is 4.99 Å². The first kappa shape index (κ1) is 55.7. The van der Waals surface area contributed by atoms with E-state index in [4.69, 9.17) is 4.99 Å². The Kier molecular flexibility index (Phi) is 13.4. The first-order valence-electron chi connectivity index (χ1n) is 29.2. The van der Waals surface area contributed by atoms with Crippen molar-refractivity contribution in [3.05, 3.63) is 202 Å². The molecule has 0 fully saturated rings. The highest BCUT2D eigenvalue weighted by Crippen LogP contribution is 2.48. The number of rotatable bonds is 6. The van der Waals surface area contributed by atoms with Crippen LogP contribution in [0.5, 0.6) is 0 Å². The van der Waals surface area contributed by atoms with Gasteiger partial charge in [0, 0.05) is 75.7 Å². The molecule has 8 aromatic carbocycles. The molecule has 0 radical (unpaired) electrons. The van der Waals surface area contributed by atoms with E-state index in [2.05, 4.69) is 262 Å². The van der Waals surface area contributed by atoms with E-state index in [-0.39, 0.29) is 39.6 Å². The fraction of sp³-hybridized carbons (Fsp3) is 0.301. The molecule has 9 aromatic rings. The lowest BCUT2D eigenvalue weighted by atomic mass is 9.33. The van der Waals surface area contributed by atoms with Crippen LogP contribution in [0.3, 0.4) is 0 Å². The summed E-state index contributed by atoms with van der Waals surface area (Å²) in [5.41, 5.74) is 21.3. The van der Waals surface area contributed by atoms with Crippen molar-refractivity contribution in [1.29, 1.82) is 10.8 Å². The van der Waals surface area contributed by atoms with Gasteiger partial charge in [-0.1, -0.05) is 201 Å². The van der Waals surface area contributed by atoms with Crippen LogP contribution in [0, 0.1) is 10.8 Å². The van der Waals surface area contributed by atoms with Crippen LogP contribution in [0.2, 0.25) is 0 Å². The van der Waals surface area contributed by atoms with Crippen molar-refractivity contribution in [1.82, 2.24) is 15.2 Å². The van der Waals surface area contributed by atoms with Crippen LogP contribution < -0.4 is 36.8 Å². The van der Waals surface area contributed by atoms with Gasteiger partial charge in [-0.3, -0.25) is 10.8 Å². The number of benzene rings is 8. The monoisotopic (exact) mass is 1080 g/mol. The average Bonchev–Trinajstić information content (AvgIpc) is 1.13. The van der Waals surface area contributed by atoms with Gasteiger partial charge in [0.25, 0.3) is 6.71 Å². The van der Waals surface area contributed by atoms with Crippen LogP contribution in [-0.2, 0) is 27.1 Å². The molecule has 416 valence electrons. The van der Waals surface area contributed by atoms with Crippen LogP contribution in [0.4, 0.5) is 34.1 Å². The van der Waals surface area contributed by atoms with E-state index in [1.165, 1.54) is 44.2 Å². The molecule has 82 heavy (non-hydrogen) atoms. The molecule has 0 saturated carbocycles. The molecule has 2 aliphatic heterocycles. The van der Waals surface area contributed by atoms with E-state index in [0.29, 0.717) is 17.2 Å². The molecule has 3 heterocycles. The van der Waals surface area contributed by atoms with Crippen molar-refractivity contribution >= 4 is 96.5 Å². The van der Waals surface area contributed by atoms with Gasteiger partial charge in [0.05, 0.1) is 16.7 Å². The fourth-order valence-electron chi connectivity index (χ4n) is 12.3. The van der Waals surface area contributed by atoms with Crippen molar-refractivity contribution in [2.75, 3.05) is 23.9 Å². The molecule has 0 saturated heterocycles. The maximum Gasteiger partial charge on any atom is 0.252 e. The molecule has 0 amide bonds. The summed E-state index contributed by atoms with van der Waals surface area (Å²) in [5.74, 6) is 1.03. The molecule has 8 nitrogen and oxygen atoms in total. The molecular weight excluding hydrogens is 1000 g/mol. The number of para-hydroxylation sites is 2. The highest BCUT2D eigenvalue weighted by Gasteiger charge is 2.45. The minimum atomic E-state index is -0.134. The van der Waals surface area contributed by atoms with Gasteiger partial charge in [0.1, 0.15) is 11.7 Å². The largest absolute Gasteiger partial charge is 0.373 e. The summed E-state index contributed by atoms with van der Waals surface area (Å²) in [7, 11) is 3.69. The molecule has 11 rings (SSSR count). The number of fused-ring (bicyclic) bond motifs is 7. The normalized spacial score (nSPS) is 13.8. The minimum absolute atomic E-state index is 0.00993. The third-order valence-electron chi connectivity index (χ3n) is 17.1. The average molecular weight is 1080 g/mol. The molecule has 0 atom stereocenters. The van der Waals surface area contributed by atoms with E-state index in [9.17, 15) is 10.8 Å². The number of amidine groups is 3. The molecule has 0 aliphatic carbocycles. The molecular formula is C73H81BN8. The molecule has 4 N–H and O–H groups in total. The zero-order valence-corrected chi connectivity index (χ0v) is 51.4. The Balaban J connectivity index is 1.29. The smallest absolute Gasteiger partial charge is 0.252 e. The van der Waals surface area contributed by atoms with Crippen LogP contribution in [0.15, 0.2) is 163 Å². The number of anilines is 6. The third kappa shape index (κ3) is 9.59. The van der Waals surface area contributed by atoms with Gasteiger partial charge in [-0.05, 0) is 132 Å². The van der Waals surface area contributed by atoms with Crippen LogP contribution >= 0.6 is 0 Å². The summed E-state index contributed by atoms with van der Waals surface area (Å²) < 4.78 is 2.33. The molecule has 1 aromatic heterocycles. The van der Waals surface area contributed by atoms with E-state index in [0.717, 1.165) is 72.7 Å². The Morgan fingerprint density at radius 1 is 0.415 bits per heavy atom. The fourth-order valence-corrected chi connectivity index (χ4v) is 12.3. The quantitative estimate of drug-likeness (QED) is 0.0758. The van der Waals surface area contributed by atoms with Crippen LogP contribution in [-0.4, -0.2) is 42.9 Å². The summed E-state index contributed by atoms with van der Waals surface area (Å²) in [6, 6.07) is 58.6. The van der Waals surface area contributed by atoms with Crippen molar-refractivity contribution in [2.24, 2.45) is 4.99 Å². The Morgan fingerprint density at radius 2 is 0.805 bits per heavy atom. The maximum atomic E-state index is 10.1. The van der Waals surface area contributed by atoms with Crippen molar-refractivity contribution < 1.29 is 0 Å². The van der Waals surface area contributed by atoms with E-state index >= 15 is 0 Å². The molecule has 0 bridgehead atoms. The standard InChI is InChI=1S/C73H81BN8/c1-69(2,3)45-26-24-44(25-27-45)68(78-17)79-67(76)56-23-19-21-54-53-20-18-22-55(66(75)77-16)64(53)82(65(54)56)52-42-61-63-62(43-52)81(51-36-30-47(31-37-51)71(7,8)9)60-39-33-49(73(13,14)15)41-58(60)74(63)57-40-48(72(10,11)12)32-38-59(57)80(61)50-34-28-46(29-35-50)70(4,5)6/h18-43H,1-17H3,(H2,75,77)(H2,76,78,79). The minimum Gasteiger partial charge on any atom is -0.373 e. The molecule has 0 unspecified atom stereocenters. The Bertz CT molecular complexity index is 3900. The summed E-state index contributed by atoms with van der Waals surface area (Å²) in [4.78, 5) is 10.2. The predicted octanol–water partition coefficient (Wildman–Crippen LogP) is 15.9. The van der Waals surface area contributed by atoms with Gasteiger partial charge in [0.2, 0.25) is 0 Å². The van der Waals surface area contributed by atoms with Crippen molar-refractivity contribution in [3.63, 3.8) is 0 Å². The maximum absolute atomic E-state index is 10.1. The summed E-state index contributed by atoms with van der Waals surface area (Å²) in [5, 5.41) is 28.1. The zero-order valence-electron chi connectivity index (χ0n) is 51.4. The van der Waals surface area contributed by atoms with E-state index in [1.807, 2.05) is 38.4 Å². The van der Waals surface area contributed by atoms with Gasteiger partial charge < -0.3 is 25.0 Å². The summed E-state index contributed by atoms with van der Waals surface area (Å²) >= 11 is 0. The van der Waals surface area contributed by atoms with E-state index in [1.54, 1.807) is 0 Å². The number of hydrogen-bond donors (Lipinski definition) is 4. The molecule has 2 aliphatic rings. The number of hydrogen-bond acceptors (Lipinski definition) is 4.